The summed E-state index contributed by atoms with van der Waals surface area (Å²) in [7, 11) is 0. The largest absolute Gasteiger partial charge is 0.465 e. The van der Waals surface area contributed by atoms with Crippen LogP contribution in [-0.4, -0.2) is 40.3 Å². The Labute approximate surface area is 151 Å². The minimum Gasteiger partial charge on any atom is -0.465 e. The number of carbonyl (C=O) groups is 1. The highest BCUT2D eigenvalue weighted by molar-refractivity contribution is 5.66. The van der Waals surface area contributed by atoms with Crippen molar-refractivity contribution < 1.29 is 9.90 Å². The average molecular weight is 344 g/mol. The maximum Gasteiger partial charge on any atom is 0.407 e. The van der Waals surface area contributed by atoms with Gasteiger partial charge in [0.2, 0.25) is 0 Å². The number of carboxylic acid groups (broad SMARTS) is 1. The van der Waals surface area contributed by atoms with E-state index in [-0.39, 0.29) is 11.6 Å². The predicted octanol–water partition coefficient (Wildman–Crippen LogP) is 4.47. The molecule has 1 amide bonds. The van der Waals surface area contributed by atoms with Crippen LogP contribution in [0.3, 0.4) is 0 Å². The number of nitrogens with zero attached hydrogens (tertiary/aromatic N) is 1. The first kappa shape index (κ1) is 18.2. The Hall–Kier alpha value is -1.55. The van der Waals surface area contributed by atoms with E-state index in [2.05, 4.69) is 35.6 Å². The predicted molar refractivity (Wildman–Crippen MR) is 101 cm³/mol. The summed E-state index contributed by atoms with van der Waals surface area (Å²) < 4.78 is 0. The summed E-state index contributed by atoms with van der Waals surface area (Å²) in [6.45, 7) is 7.05. The van der Waals surface area contributed by atoms with Gasteiger partial charge in [0.1, 0.15) is 0 Å². The van der Waals surface area contributed by atoms with Crippen LogP contribution in [0.2, 0.25) is 0 Å². The number of hydrogen-bond acceptors (Lipinski definition) is 2. The first-order chi connectivity index (χ1) is 11.9. The molecule has 2 atom stereocenters. The van der Waals surface area contributed by atoms with E-state index in [1.165, 1.54) is 12.0 Å². The molecule has 0 saturated heterocycles. The topological polar surface area (TPSA) is 52.6 Å². The molecule has 4 heteroatoms. The lowest BCUT2D eigenvalue weighted by molar-refractivity contribution is 0.0504. The first-order valence-corrected chi connectivity index (χ1v) is 9.67. The lowest BCUT2D eigenvalue weighted by Gasteiger charge is -2.42. The van der Waals surface area contributed by atoms with Crippen molar-refractivity contribution in [3.63, 3.8) is 0 Å². The minimum absolute atomic E-state index is 0.173. The Bertz CT molecular complexity index is 573. The van der Waals surface area contributed by atoms with Gasteiger partial charge in [-0.1, -0.05) is 30.3 Å². The van der Waals surface area contributed by atoms with Gasteiger partial charge in [0.05, 0.1) is 0 Å². The molecule has 2 fully saturated rings. The van der Waals surface area contributed by atoms with Crippen LogP contribution in [-0.2, 0) is 0 Å². The summed E-state index contributed by atoms with van der Waals surface area (Å²) in [6, 6.07) is 11.6. The van der Waals surface area contributed by atoms with E-state index in [0.29, 0.717) is 17.9 Å². The van der Waals surface area contributed by atoms with Crippen LogP contribution in [0.4, 0.5) is 4.79 Å². The van der Waals surface area contributed by atoms with Crippen molar-refractivity contribution in [2.75, 3.05) is 6.54 Å². The van der Waals surface area contributed by atoms with E-state index in [0.717, 1.165) is 32.2 Å². The van der Waals surface area contributed by atoms with Gasteiger partial charge < -0.3 is 15.3 Å². The first-order valence-electron chi connectivity index (χ1n) is 9.67. The molecular formula is C21H32N2O2. The monoisotopic (exact) mass is 344 g/mol. The molecule has 0 aliphatic heterocycles. The summed E-state index contributed by atoms with van der Waals surface area (Å²) in [5.41, 5.74) is 1.13. The molecule has 4 nitrogen and oxygen atoms in total. The lowest BCUT2D eigenvalue weighted by Crippen LogP contribution is -2.52. The molecule has 2 saturated carbocycles. The third-order valence-electron chi connectivity index (χ3n) is 5.80. The number of rotatable bonds is 5. The van der Waals surface area contributed by atoms with Gasteiger partial charge in [-0.3, -0.25) is 0 Å². The molecule has 1 aromatic rings. The molecule has 2 aliphatic carbocycles. The zero-order valence-corrected chi connectivity index (χ0v) is 15.7. The molecule has 138 valence electrons. The van der Waals surface area contributed by atoms with Gasteiger partial charge in [-0.25, -0.2) is 4.79 Å². The van der Waals surface area contributed by atoms with Crippen LogP contribution in [0.5, 0.6) is 0 Å². The highest BCUT2D eigenvalue weighted by Gasteiger charge is 2.39. The molecule has 2 unspecified atom stereocenters. The van der Waals surface area contributed by atoms with Crippen molar-refractivity contribution in [1.82, 2.24) is 10.2 Å². The van der Waals surface area contributed by atoms with Gasteiger partial charge in [-0.15, -0.1) is 0 Å². The van der Waals surface area contributed by atoms with E-state index in [1.54, 1.807) is 4.90 Å². The van der Waals surface area contributed by atoms with E-state index < -0.39 is 6.09 Å². The summed E-state index contributed by atoms with van der Waals surface area (Å²) in [6.07, 6.45) is 4.69. The van der Waals surface area contributed by atoms with Crippen molar-refractivity contribution in [3.05, 3.63) is 35.9 Å². The molecule has 25 heavy (non-hydrogen) atoms. The molecule has 0 aromatic heterocycles. The summed E-state index contributed by atoms with van der Waals surface area (Å²) in [4.78, 5) is 13.3. The lowest BCUT2D eigenvalue weighted by atomic mass is 9.84. The molecule has 0 bridgehead atoms. The Kier molecular flexibility index (Phi) is 5.38. The van der Waals surface area contributed by atoms with Crippen molar-refractivity contribution in [2.24, 2.45) is 5.92 Å². The van der Waals surface area contributed by atoms with Gasteiger partial charge in [0.15, 0.2) is 0 Å². The minimum atomic E-state index is -0.780. The van der Waals surface area contributed by atoms with Gasteiger partial charge >= 0.3 is 6.09 Å². The van der Waals surface area contributed by atoms with E-state index in [4.69, 9.17) is 0 Å². The molecule has 0 spiro atoms. The Balaban J connectivity index is 1.42. The van der Waals surface area contributed by atoms with Crippen molar-refractivity contribution in [2.45, 2.75) is 76.4 Å². The van der Waals surface area contributed by atoms with E-state index in [9.17, 15) is 9.90 Å². The second-order valence-corrected chi connectivity index (χ2v) is 8.77. The number of hydrogen-bond donors (Lipinski definition) is 2. The SMILES string of the molecule is CC(C)(C)N(C(=O)O)C1CCC(CNC2CC2c2ccccc2)CC1. The van der Waals surface area contributed by atoms with Crippen LogP contribution in [0.25, 0.3) is 0 Å². The fourth-order valence-electron chi connectivity index (χ4n) is 4.41. The van der Waals surface area contributed by atoms with Crippen LogP contribution < -0.4 is 5.32 Å². The summed E-state index contributed by atoms with van der Waals surface area (Å²) >= 11 is 0. The molecule has 0 heterocycles. The van der Waals surface area contributed by atoms with E-state index >= 15 is 0 Å². The number of benzene rings is 1. The third-order valence-corrected chi connectivity index (χ3v) is 5.80. The second-order valence-electron chi connectivity index (χ2n) is 8.77. The van der Waals surface area contributed by atoms with Crippen molar-refractivity contribution in [3.8, 4) is 0 Å². The zero-order chi connectivity index (χ0) is 18.0. The third kappa shape index (κ3) is 4.55. The molecule has 1 aromatic carbocycles. The van der Waals surface area contributed by atoms with E-state index in [1.807, 2.05) is 20.8 Å². The maximum absolute atomic E-state index is 11.6. The Morgan fingerprint density at radius 2 is 1.80 bits per heavy atom. The number of amides is 1. The fraction of sp³-hybridized carbons (Fsp3) is 0.667. The van der Waals surface area contributed by atoms with Crippen molar-refractivity contribution >= 4 is 6.09 Å². The zero-order valence-electron chi connectivity index (χ0n) is 15.7. The maximum atomic E-state index is 11.6. The van der Waals surface area contributed by atoms with Gasteiger partial charge in [0, 0.05) is 23.5 Å². The average Bonchev–Trinajstić information content (AvgIpc) is 3.33. The quantitative estimate of drug-likeness (QED) is 0.828. The van der Waals surface area contributed by atoms with Crippen LogP contribution in [0.15, 0.2) is 30.3 Å². The molecule has 0 radical (unpaired) electrons. The van der Waals surface area contributed by atoms with Gasteiger partial charge in [-0.2, -0.15) is 0 Å². The molecule has 2 N–H and O–H groups in total. The summed E-state index contributed by atoms with van der Waals surface area (Å²) in [5, 5.41) is 13.3. The number of nitrogens with one attached hydrogen (secondary N) is 1. The van der Waals surface area contributed by atoms with Gasteiger partial charge in [0.25, 0.3) is 0 Å². The smallest absolute Gasteiger partial charge is 0.407 e. The molecule has 2 aliphatic rings. The normalized spacial score (nSPS) is 29.2. The molecule has 3 rings (SSSR count). The van der Waals surface area contributed by atoms with Gasteiger partial charge in [-0.05, 0) is 70.9 Å². The Morgan fingerprint density at radius 3 is 2.36 bits per heavy atom. The van der Waals surface area contributed by atoms with Crippen LogP contribution >= 0.6 is 0 Å². The van der Waals surface area contributed by atoms with Crippen molar-refractivity contribution in [1.29, 1.82) is 0 Å². The van der Waals surface area contributed by atoms with Crippen LogP contribution in [0.1, 0.15) is 64.4 Å². The standard InChI is InChI=1S/C21H32N2O2/c1-21(2,3)23(20(24)25)17-11-9-15(10-12-17)14-22-19-13-18(19)16-7-5-4-6-8-16/h4-8,15,17-19,22H,9-14H2,1-3H3,(H,24,25). The Morgan fingerprint density at radius 1 is 1.16 bits per heavy atom. The van der Waals surface area contributed by atoms with Crippen LogP contribution in [0, 0.1) is 5.92 Å². The molecular weight excluding hydrogens is 312 g/mol. The summed E-state index contributed by atoms with van der Waals surface area (Å²) in [5.74, 6) is 1.37. The highest BCUT2D eigenvalue weighted by atomic mass is 16.4. The second kappa shape index (κ2) is 7.36. The highest BCUT2D eigenvalue weighted by Crippen LogP contribution is 2.41. The fourth-order valence-corrected chi connectivity index (χ4v) is 4.41.